The van der Waals surface area contributed by atoms with Crippen molar-refractivity contribution in [3.8, 4) is 0 Å². The van der Waals surface area contributed by atoms with Crippen LogP contribution in [0.3, 0.4) is 0 Å². The summed E-state index contributed by atoms with van der Waals surface area (Å²) in [6.07, 6.45) is 0.949. The third-order valence-corrected chi connectivity index (χ3v) is 2.03. The highest BCUT2D eigenvalue weighted by atomic mass is 19.2. The van der Waals surface area contributed by atoms with Crippen LogP contribution >= 0.6 is 0 Å². The zero-order chi connectivity index (χ0) is 8.15. The summed E-state index contributed by atoms with van der Waals surface area (Å²) in [4.78, 5) is 0. The van der Waals surface area contributed by atoms with Crippen molar-refractivity contribution in [2.45, 2.75) is 27.2 Å². The first-order valence-electron chi connectivity index (χ1n) is 3.91. The molecule has 62 valence electrons. The average Bonchev–Trinajstić information content (AvgIpc) is 1.82. The van der Waals surface area contributed by atoms with Crippen molar-refractivity contribution in [3.05, 3.63) is 0 Å². The van der Waals surface area contributed by atoms with Crippen LogP contribution in [0, 0.1) is 11.8 Å². The molecule has 0 aromatic heterocycles. The summed E-state index contributed by atoms with van der Waals surface area (Å²) in [5, 5.41) is 0.749. The van der Waals surface area contributed by atoms with Crippen LogP contribution in [0.5, 0.6) is 0 Å². The minimum atomic E-state index is 0.555. The van der Waals surface area contributed by atoms with Crippen LogP contribution < -0.4 is 0 Å². The maximum Gasteiger partial charge on any atom is 0.0289 e. The Balaban J connectivity index is 3.30. The summed E-state index contributed by atoms with van der Waals surface area (Å²) in [6.45, 7) is 7.05. The van der Waals surface area contributed by atoms with Gasteiger partial charge in [-0.1, -0.05) is 20.8 Å². The molecule has 1 atom stereocenters. The van der Waals surface area contributed by atoms with Gasteiger partial charge in [0.15, 0.2) is 0 Å². The van der Waals surface area contributed by atoms with E-state index in [0.717, 1.165) is 11.5 Å². The third kappa shape index (κ3) is 4.74. The highest BCUT2D eigenvalue weighted by molar-refractivity contribution is 4.57. The predicted octanol–water partition coefficient (Wildman–Crippen LogP) is 2.48. The molecule has 0 amide bonds. The molecule has 0 radical (unpaired) electrons. The van der Waals surface area contributed by atoms with Crippen LogP contribution in [0.2, 0.25) is 0 Å². The molecule has 0 rings (SSSR count). The zero-order valence-electron chi connectivity index (χ0n) is 7.39. The number of hydrogen-bond donors (Lipinski definition) is 0. The van der Waals surface area contributed by atoms with E-state index in [1.807, 2.05) is 0 Å². The van der Waals surface area contributed by atoms with E-state index in [1.54, 1.807) is 0 Å². The molecule has 0 aromatic rings. The molecule has 0 aromatic carbocycles. The highest BCUT2D eigenvalue weighted by Crippen LogP contribution is 2.13. The van der Waals surface area contributed by atoms with Gasteiger partial charge in [-0.25, -0.2) is 0 Å². The van der Waals surface area contributed by atoms with Gasteiger partial charge in [0.05, 0.1) is 0 Å². The number of rotatable bonds is 4. The molecular formula is C8H18FN. The maximum atomic E-state index is 12.2. The van der Waals surface area contributed by atoms with Gasteiger partial charge in [-0.05, 0) is 18.3 Å². The van der Waals surface area contributed by atoms with E-state index in [0.29, 0.717) is 18.4 Å². The highest BCUT2D eigenvalue weighted by Gasteiger charge is 2.07. The lowest BCUT2D eigenvalue weighted by atomic mass is 9.95. The Labute approximate surface area is 63.2 Å². The summed E-state index contributed by atoms with van der Waals surface area (Å²) in [7, 11) is 1.47. The van der Waals surface area contributed by atoms with Crippen molar-refractivity contribution >= 4 is 0 Å². The fourth-order valence-corrected chi connectivity index (χ4v) is 0.715. The molecule has 1 unspecified atom stereocenters. The van der Waals surface area contributed by atoms with Gasteiger partial charge in [0, 0.05) is 13.6 Å². The van der Waals surface area contributed by atoms with E-state index in [1.165, 1.54) is 7.05 Å². The Kier molecular flexibility index (Phi) is 4.62. The molecule has 10 heavy (non-hydrogen) atoms. The quantitative estimate of drug-likeness (QED) is 0.552. The number of hydrogen-bond acceptors (Lipinski definition) is 1. The predicted molar refractivity (Wildman–Crippen MR) is 42.4 cm³/mol. The molecule has 0 bridgehead atoms. The zero-order valence-corrected chi connectivity index (χ0v) is 7.39. The Bertz CT molecular complexity index is 81.3. The monoisotopic (exact) mass is 147 g/mol. The van der Waals surface area contributed by atoms with Crippen LogP contribution in [0.15, 0.2) is 0 Å². The van der Waals surface area contributed by atoms with Gasteiger partial charge in [-0.3, -0.25) is 0 Å². The maximum absolute atomic E-state index is 12.2. The molecule has 2 heteroatoms. The molecular weight excluding hydrogens is 129 g/mol. The summed E-state index contributed by atoms with van der Waals surface area (Å²) in [5.74, 6) is 1.29. The van der Waals surface area contributed by atoms with Crippen molar-refractivity contribution in [1.29, 1.82) is 0 Å². The molecule has 0 fully saturated rings. The molecule has 0 aliphatic carbocycles. The van der Waals surface area contributed by atoms with Gasteiger partial charge >= 0.3 is 0 Å². The normalized spacial score (nSPS) is 14.7. The lowest BCUT2D eigenvalue weighted by Gasteiger charge is -2.15. The van der Waals surface area contributed by atoms with Gasteiger partial charge in [0.25, 0.3) is 0 Å². The topological polar surface area (TPSA) is 3.24 Å². The van der Waals surface area contributed by atoms with E-state index < -0.39 is 0 Å². The lowest BCUT2D eigenvalue weighted by Crippen LogP contribution is -2.14. The van der Waals surface area contributed by atoms with Crippen molar-refractivity contribution < 1.29 is 4.48 Å². The van der Waals surface area contributed by atoms with Crippen LogP contribution in [-0.2, 0) is 0 Å². The standard InChI is InChI=1S/C8H18FN/c1-7(2)8(3)5-6-10(4)9/h7-8H,5-6H2,1-4H3. The van der Waals surface area contributed by atoms with Gasteiger partial charge in [0.1, 0.15) is 0 Å². The van der Waals surface area contributed by atoms with E-state index in [4.69, 9.17) is 0 Å². The second-order valence-electron chi connectivity index (χ2n) is 3.34. The Hall–Kier alpha value is -0.110. The lowest BCUT2D eigenvalue weighted by molar-refractivity contribution is 0.0514. The van der Waals surface area contributed by atoms with Crippen molar-refractivity contribution in [2.24, 2.45) is 11.8 Å². The van der Waals surface area contributed by atoms with Crippen LogP contribution in [0.1, 0.15) is 27.2 Å². The van der Waals surface area contributed by atoms with Gasteiger partial charge in [0.2, 0.25) is 0 Å². The summed E-state index contributed by atoms with van der Waals surface area (Å²) in [5.41, 5.74) is 0. The number of nitrogens with zero attached hydrogens (tertiary/aromatic N) is 1. The second kappa shape index (κ2) is 4.67. The minimum Gasteiger partial charge on any atom is -0.149 e. The third-order valence-electron chi connectivity index (χ3n) is 2.03. The first kappa shape index (κ1) is 9.89. The van der Waals surface area contributed by atoms with Gasteiger partial charge in [-0.15, -0.1) is 9.60 Å². The van der Waals surface area contributed by atoms with Crippen LogP contribution in [0.4, 0.5) is 4.48 Å². The fourth-order valence-electron chi connectivity index (χ4n) is 0.715. The SMILES string of the molecule is CC(C)C(C)CCN(C)F. The average molecular weight is 147 g/mol. The van der Waals surface area contributed by atoms with Gasteiger partial charge < -0.3 is 0 Å². The van der Waals surface area contributed by atoms with E-state index in [9.17, 15) is 4.48 Å². The molecule has 0 saturated heterocycles. The first-order valence-corrected chi connectivity index (χ1v) is 3.91. The van der Waals surface area contributed by atoms with Crippen molar-refractivity contribution in [1.82, 2.24) is 5.12 Å². The first-order chi connectivity index (χ1) is 4.54. The molecule has 0 N–H and O–H groups in total. The summed E-state index contributed by atoms with van der Waals surface area (Å²) < 4.78 is 12.2. The van der Waals surface area contributed by atoms with Crippen molar-refractivity contribution in [2.75, 3.05) is 13.6 Å². The second-order valence-corrected chi connectivity index (χ2v) is 3.34. The number of halogens is 1. The van der Waals surface area contributed by atoms with E-state index in [2.05, 4.69) is 20.8 Å². The Morgan fingerprint density at radius 3 is 2.10 bits per heavy atom. The molecule has 0 saturated carbocycles. The summed E-state index contributed by atoms with van der Waals surface area (Å²) in [6, 6.07) is 0. The molecule has 0 heterocycles. The Morgan fingerprint density at radius 2 is 1.80 bits per heavy atom. The summed E-state index contributed by atoms with van der Waals surface area (Å²) >= 11 is 0. The van der Waals surface area contributed by atoms with Gasteiger partial charge in [-0.2, -0.15) is 0 Å². The molecule has 1 nitrogen and oxygen atoms in total. The molecule has 0 spiro atoms. The van der Waals surface area contributed by atoms with Crippen molar-refractivity contribution in [3.63, 3.8) is 0 Å². The largest absolute Gasteiger partial charge is 0.149 e. The smallest absolute Gasteiger partial charge is 0.0289 e. The Morgan fingerprint density at radius 1 is 1.30 bits per heavy atom. The van der Waals surface area contributed by atoms with Crippen LogP contribution in [0.25, 0.3) is 0 Å². The van der Waals surface area contributed by atoms with Crippen LogP contribution in [-0.4, -0.2) is 18.7 Å². The minimum absolute atomic E-state index is 0.555. The fraction of sp³-hybridized carbons (Fsp3) is 1.00. The van der Waals surface area contributed by atoms with E-state index >= 15 is 0 Å². The molecule has 0 aliphatic rings. The van der Waals surface area contributed by atoms with E-state index in [-0.39, 0.29) is 0 Å². The molecule has 0 aliphatic heterocycles.